The van der Waals surface area contributed by atoms with Gasteiger partial charge >= 0.3 is 5.97 Å². The molecule has 3 rings (SSSR count). The molecule has 0 amide bonds. The lowest BCUT2D eigenvalue weighted by Gasteiger charge is -2.15. The minimum atomic E-state index is -4.06. The highest BCUT2D eigenvalue weighted by Crippen LogP contribution is 2.27. The van der Waals surface area contributed by atoms with Crippen molar-refractivity contribution in [3.05, 3.63) is 58.3 Å². The Hall–Kier alpha value is -2.79. The topological polar surface area (TPSA) is 116 Å². The Morgan fingerprint density at radius 3 is 2.70 bits per heavy atom. The molecule has 0 aliphatic carbocycles. The van der Waals surface area contributed by atoms with Gasteiger partial charge in [0.05, 0.1) is 24.0 Å². The highest BCUT2D eigenvalue weighted by atomic mass is 79.9. The normalized spacial score (nSPS) is 11.2. The summed E-state index contributed by atoms with van der Waals surface area (Å²) in [7, 11) is -2.87. The van der Waals surface area contributed by atoms with Gasteiger partial charge in [0.25, 0.3) is 10.0 Å². The molecule has 0 saturated carbocycles. The van der Waals surface area contributed by atoms with Crippen LogP contribution < -0.4 is 4.72 Å². The van der Waals surface area contributed by atoms with Gasteiger partial charge in [-0.1, -0.05) is 22.0 Å². The third kappa shape index (κ3) is 3.83. The SMILES string of the molecule is COC(=O)c1cc(Br)ccc1S(=O)(=O)Nc1cccc(-n2cnnn2)c1C. The van der Waals surface area contributed by atoms with Gasteiger partial charge in [0.15, 0.2) is 0 Å². The second-order valence-electron chi connectivity index (χ2n) is 5.44. The molecule has 0 fully saturated rings. The molecular weight excluding hydrogens is 438 g/mol. The molecule has 9 nitrogen and oxygen atoms in total. The predicted octanol–water partition coefficient (Wildman–Crippen LogP) is 2.32. The number of anilines is 1. The minimum Gasteiger partial charge on any atom is -0.465 e. The van der Waals surface area contributed by atoms with Gasteiger partial charge in [0.2, 0.25) is 0 Å². The second-order valence-corrected chi connectivity index (χ2v) is 8.01. The van der Waals surface area contributed by atoms with Crippen LogP contribution in [0.15, 0.2) is 52.1 Å². The van der Waals surface area contributed by atoms with Crippen LogP contribution in [-0.2, 0) is 14.8 Å². The summed E-state index contributed by atoms with van der Waals surface area (Å²) in [6, 6.07) is 9.29. The monoisotopic (exact) mass is 451 g/mol. The summed E-state index contributed by atoms with van der Waals surface area (Å²) in [5.41, 5.74) is 1.49. The van der Waals surface area contributed by atoms with Crippen molar-refractivity contribution in [3.63, 3.8) is 0 Å². The lowest BCUT2D eigenvalue weighted by atomic mass is 10.1. The zero-order chi connectivity index (χ0) is 19.6. The van der Waals surface area contributed by atoms with E-state index in [9.17, 15) is 13.2 Å². The first-order valence-corrected chi connectivity index (χ1v) is 9.85. The van der Waals surface area contributed by atoms with Crippen molar-refractivity contribution in [2.45, 2.75) is 11.8 Å². The number of methoxy groups -OCH3 is 1. The number of halogens is 1. The molecule has 0 aliphatic heterocycles. The number of ether oxygens (including phenoxy) is 1. The number of rotatable bonds is 5. The fourth-order valence-electron chi connectivity index (χ4n) is 2.46. The van der Waals surface area contributed by atoms with Crippen LogP contribution in [0, 0.1) is 6.92 Å². The van der Waals surface area contributed by atoms with Crippen LogP contribution in [-0.4, -0.2) is 41.7 Å². The highest BCUT2D eigenvalue weighted by molar-refractivity contribution is 9.10. The number of tetrazole rings is 1. The first-order chi connectivity index (χ1) is 12.8. The molecule has 11 heteroatoms. The Morgan fingerprint density at radius 1 is 1.26 bits per heavy atom. The molecule has 0 bridgehead atoms. The van der Waals surface area contributed by atoms with E-state index >= 15 is 0 Å². The Kier molecular flexibility index (Phi) is 5.24. The van der Waals surface area contributed by atoms with Crippen LogP contribution in [0.1, 0.15) is 15.9 Å². The maximum absolute atomic E-state index is 12.9. The highest BCUT2D eigenvalue weighted by Gasteiger charge is 2.24. The zero-order valence-electron chi connectivity index (χ0n) is 14.2. The molecule has 1 heterocycles. The molecule has 27 heavy (non-hydrogen) atoms. The molecule has 1 aromatic heterocycles. The van der Waals surface area contributed by atoms with Gasteiger partial charge < -0.3 is 4.74 Å². The Bertz CT molecular complexity index is 1100. The molecule has 0 aliphatic rings. The molecule has 0 unspecified atom stereocenters. The predicted molar refractivity (Wildman–Crippen MR) is 100 cm³/mol. The number of aromatic nitrogens is 4. The maximum atomic E-state index is 12.9. The molecule has 140 valence electrons. The first-order valence-electron chi connectivity index (χ1n) is 7.57. The number of hydrogen-bond acceptors (Lipinski definition) is 7. The molecule has 0 radical (unpaired) electrons. The van der Waals surface area contributed by atoms with E-state index in [1.807, 2.05) is 0 Å². The summed E-state index contributed by atoms with van der Waals surface area (Å²) in [6.45, 7) is 1.73. The largest absolute Gasteiger partial charge is 0.465 e. The average Bonchev–Trinajstić information content (AvgIpc) is 3.16. The van der Waals surface area contributed by atoms with Crippen molar-refractivity contribution < 1.29 is 17.9 Å². The lowest BCUT2D eigenvalue weighted by Crippen LogP contribution is -2.18. The van der Waals surface area contributed by atoms with E-state index in [2.05, 4.69) is 36.2 Å². The quantitative estimate of drug-likeness (QED) is 0.591. The van der Waals surface area contributed by atoms with Gasteiger partial charge in [-0.15, -0.1) is 5.10 Å². The van der Waals surface area contributed by atoms with Crippen LogP contribution in [0.2, 0.25) is 0 Å². The zero-order valence-corrected chi connectivity index (χ0v) is 16.7. The van der Waals surface area contributed by atoms with Crippen molar-refractivity contribution >= 4 is 37.6 Å². The maximum Gasteiger partial charge on any atom is 0.339 e. The van der Waals surface area contributed by atoms with Crippen molar-refractivity contribution in [3.8, 4) is 5.69 Å². The Morgan fingerprint density at radius 2 is 2.04 bits per heavy atom. The van der Waals surface area contributed by atoms with Gasteiger partial charge in [-0.05, 0) is 53.2 Å². The van der Waals surface area contributed by atoms with Crippen LogP contribution in [0.4, 0.5) is 5.69 Å². The number of benzene rings is 2. The van der Waals surface area contributed by atoms with E-state index in [-0.39, 0.29) is 10.5 Å². The van der Waals surface area contributed by atoms with E-state index in [4.69, 9.17) is 4.74 Å². The summed E-state index contributed by atoms with van der Waals surface area (Å²) in [5.74, 6) is -0.754. The van der Waals surface area contributed by atoms with E-state index in [1.165, 1.54) is 36.3 Å². The number of carbonyl (C=O) groups is 1. The minimum absolute atomic E-state index is 0.0753. The van der Waals surface area contributed by atoms with E-state index in [0.29, 0.717) is 21.4 Å². The molecular formula is C16H14BrN5O4S. The first kappa shape index (κ1) is 19.0. The number of hydrogen-bond donors (Lipinski definition) is 1. The number of esters is 1. The van der Waals surface area contributed by atoms with Gasteiger partial charge in [-0.25, -0.2) is 17.9 Å². The summed E-state index contributed by atoms with van der Waals surface area (Å²) >= 11 is 3.23. The van der Waals surface area contributed by atoms with Gasteiger partial charge in [0, 0.05) is 4.47 Å². The van der Waals surface area contributed by atoms with Crippen LogP contribution in [0.3, 0.4) is 0 Å². The molecule has 2 aromatic carbocycles. The second kappa shape index (κ2) is 7.45. The molecule has 0 atom stereocenters. The van der Waals surface area contributed by atoms with Crippen molar-refractivity contribution in [2.75, 3.05) is 11.8 Å². The number of nitrogens with one attached hydrogen (secondary N) is 1. The Labute approximate surface area is 163 Å². The average molecular weight is 452 g/mol. The third-order valence-corrected chi connectivity index (χ3v) is 5.70. The van der Waals surface area contributed by atoms with Crippen LogP contribution in [0.5, 0.6) is 0 Å². The van der Waals surface area contributed by atoms with Crippen LogP contribution in [0.25, 0.3) is 5.69 Å². The van der Waals surface area contributed by atoms with E-state index < -0.39 is 16.0 Å². The number of carbonyl (C=O) groups excluding carboxylic acids is 1. The van der Waals surface area contributed by atoms with Gasteiger partial charge in [0.1, 0.15) is 11.2 Å². The summed E-state index contributed by atoms with van der Waals surface area (Å²) in [4.78, 5) is 11.8. The van der Waals surface area contributed by atoms with E-state index in [1.54, 1.807) is 25.1 Å². The van der Waals surface area contributed by atoms with Crippen molar-refractivity contribution in [1.82, 2.24) is 20.2 Å². The lowest BCUT2D eigenvalue weighted by molar-refractivity contribution is 0.0596. The third-order valence-electron chi connectivity index (χ3n) is 3.78. The fraction of sp³-hybridized carbons (Fsp3) is 0.125. The van der Waals surface area contributed by atoms with Crippen molar-refractivity contribution in [1.29, 1.82) is 0 Å². The summed E-state index contributed by atoms with van der Waals surface area (Å²) in [6.07, 6.45) is 1.41. The Balaban J connectivity index is 2.04. The summed E-state index contributed by atoms with van der Waals surface area (Å²) < 4.78 is 35.0. The molecule has 3 aromatic rings. The summed E-state index contributed by atoms with van der Waals surface area (Å²) in [5, 5.41) is 11.0. The molecule has 0 saturated heterocycles. The van der Waals surface area contributed by atoms with Crippen molar-refractivity contribution in [2.24, 2.45) is 0 Å². The standard InChI is InChI=1S/C16H14BrN5O4S/c1-10-13(4-3-5-14(10)22-9-18-20-21-22)19-27(24,25)15-7-6-11(17)8-12(15)16(23)26-2/h3-9,19H,1-2H3. The number of sulfonamides is 1. The van der Waals surface area contributed by atoms with Gasteiger partial charge in [-0.3, -0.25) is 4.72 Å². The van der Waals surface area contributed by atoms with Crippen LogP contribution >= 0.6 is 15.9 Å². The van der Waals surface area contributed by atoms with E-state index in [0.717, 1.165) is 0 Å². The molecule has 0 spiro atoms. The fourth-order valence-corrected chi connectivity index (χ4v) is 4.12. The number of nitrogens with zero attached hydrogens (tertiary/aromatic N) is 4. The van der Waals surface area contributed by atoms with Gasteiger partial charge in [-0.2, -0.15) is 0 Å². The molecule has 1 N–H and O–H groups in total. The smallest absolute Gasteiger partial charge is 0.339 e.